The van der Waals surface area contributed by atoms with E-state index in [1.165, 1.54) is 6.42 Å². The van der Waals surface area contributed by atoms with Gasteiger partial charge in [0.15, 0.2) is 0 Å². The van der Waals surface area contributed by atoms with E-state index in [2.05, 4.69) is 15.9 Å². The average Bonchev–Trinajstić information content (AvgIpc) is 1.88. The van der Waals surface area contributed by atoms with Crippen LogP contribution in [0, 0.1) is 5.92 Å². The van der Waals surface area contributed by atoms with E-state index in [4.69, 9.17) is 5.11 Å². The van der Waals surface area contributed by atoms with Crippen molar-refractivity contribution in [2.75, 3.05) is 0 Å². The van der Waals surface area contributed by atoms with Gasteiger partial charge in [-0.1, -0.05) is 28.8 Å². The minimum absolute atomic E-state index is 0. The molecule has 2 nitrogen and oxygen atoms in total. The minimum atomic E-state index is -0.651. The zero-order valence-electron chi connectivity index (χ0n) is 6.42. The summed E-state index contributed by atoms with van der Waals surface area (Å²) in [5.41, 5.74) is 0. The molecule has 60 valence electrons. The Bertz CT molecular complexity index is 140. The molecule has 0 radical (unpaired) electrons. The summed E-state index contributed by atoms with van der Waals surface area (Å²) < 4.78 is 0. The van der Waals surface area contributed by atoms with Crippen molar-refractivity contribution in [3.05, 3.63) is 0 Å². The van der Waals surface area contributed by atoms with Crippen LogP contribution < -0.4 is 0 Å². The van der Waals surface area contributed by atoms with Crippen LogP contribution in [-0.4, -0.2) is 15.9 Å². The summed E-state index contributed by atoms with van der Waals surface area (Å²) in [6.07, 6.45) is 4.08. The molecule has 2 atom stereocenters. The van der Waals surface area contributed by atoms with Crippen LogP contribution in [0.2, 0.25) is 0 Å². The quantitative estimate of drug-likeness (QED) is 0.593. The standard InChI is InChI=1S/C7H11BrO2.Cd/c8-6-4-2-1-3-5(6)7(9)10;/h5-6H,1-4H2,(H,9,10);. The second-order valence-corrected chi connectivity index (χ2v) is 3.92. The van der Waals surface area contributed by atoms with Crippen molar-refractivity contribution in [3.8, 4) is 0 Å². The second kappa shape index (κ2) is 5.51. The molecule has 2 unspecified atom stereocenters. The number of alkyl halides is 1. The molecular weight excluding hydrogens is 308 g/mol. The van der Waals surface area contributed by atoms with E-state index in [9.17, 15) is 4.79 Å². The molecule has 0 aromatic rings. The van der Waals surface area contributed by atoms with Crippen LogP contribution in [0.5, 0.6) is 0 Å². The largest absolute Gasteiger partial charge is 0.481 e. The summed E-state index contributed by atoms with van der Waals surface area (Å²) in [5, 5.41) is 8.68. The van der Waals surface area contributed by atoms with E-state index < -0.39 is 5.97 Å². The Kier molecular flexibility index (Phi) is 5.94. The third-order valence-corrected chi connectivity index (χ3v) is 3.09. The van der Waals surface area contributed by atoms with Gasteiger partial charge in [0.05, 0.1) is 5.92 Å². The number of rotatable bonds is 1. The molecule has 0 aliphatic heterocycles. The first-order chi connectivity index (χ1) is 4.72. The number of carboxylic acid groups (broad SMARTS) is 1. The van der Waals surface area contributed by atoms with Crippen LogP contribution in [0.3, 0.4) is 0 Å². The molecule has 0 saturated heterocycles. The van der Waals surface area contributed by atoms with Crippen LogP contribution >= 0.6 is 15.9 Å². The minimum Gasteiger partial charge on any atom is -0.481 e. The van der Waals surface area contributed by atoms with Crippen LogP contribution in [0.25, 0.3) is 0 Å². The van der Waals surface area contributed by atoms with E-state index in [1.807, 2.05) is 0 Å². The van der Waals surface area contributed by atoms with Gasteiger partial charge >= 0.3 is 5.97 Å². The van der Waals surface area contributed by atoms with Gasteiger partial charge in [-0.25, -0.2) is 0 Å². The van der Waals surface area contributed by atoms with Gasteiger partial charge < -0.3 is 5.11 Å². The molecule has 0 amide bonds. The second-order valence-electron chi connectivity index (χ2n) is 2.75. The van der Waals surface area contributed by atoms with Crippen molar-refractivity contribution in [1.82, 2.24) is 0 Å². The van der Waals surface area contributed by atoms with Crippen molar-refractivity contribution in [2.24, 2.45) is 5.92 Å². The van der Waals surface area contributed by atoms with Crippen molar-refractivity contribution < 1.29 is 37.2 Å². The normalized spacial score (nSPS) is 30.6. The maximum absolute atomic E-state index is 10.5. The van der Waals surface area contributed by atoms with E-state index in [0.717, 1.165) is 19.3 Å². The molecule has 0 bridgehead atoms. The van der Waals surface area contributed by atoms with E-state index in [1.54, 1.807) is 0 Å². The fourth-order valence-electron chi connectivity index (χ4n) is 1.36. The summed E-state index contributed by atoms with van der Waals surface area (Å²) in [6.45, 7) is 0. The summed E-state index contributed by atoms with van der Waals surface area (Å²) >= 11 is 3.37. The first-order valence-electron chi connectivity index (χ1n) is 3.58. The first kappa shape index (κ1) is 11.9. The third-order valence-electron chi connectivity index (χ3n) is 2.00. The Morgan fingerprint density at radius 3 is 2.27 bits per heavy atom. The summed E-state index contributed by atoms with van der Waals surface area (Å²) in [5.74, 6) is -0.796. The van der Waals surface area contributed by atoms with Crippen molar-refractivity contribution in [1.29, 1.82) is 0 Å². The third kappa shape index (κ3) is 3.40. The maximum Gasteiger partial charge on any atom is 0.307 e. The number of aliphatic carboxylic acids is 1. The van der Waals surface area contributed by atoms with Gasteiger partial charge in [-0.2, -0.15) is 0 Å². The van der Waals surface area contributed by atoms with E-state index in [-0.39, 0.29) is 38.0 Å². The van der Waals surface area contributed by atoms with Crippen LogP contribution in [-0.2, 0) is 32.1 Å². The molecule has 4 heteroatoms. The van der Waals surface area contributed by atoms with Gasteiger partial charge in [0.2, 0.25) is 0 Å². The predicted octanol–water partition coefficient (Wildman–Crippen LogP) is 2.02. The fourth-order valence-corrected chi connectivity index (χ4v) is 2.18. The van der Waals surface area contributed by atoms with Gasteiger partial charge in [0, 0.05) is 32.1 Å². The van der Waals surface area contributed by atoms with Crippen molar-refractivity contribution in [3.63, 3.8) is 0 Å². The number of carboxylic acids is 1. The molecule has 0 aromatic carbocycles. The number of halogens is 1. The Morgan fingerprint density at radius 1 is 1.36 bits per heavy atom. The van der Waals surface area contributed by atoms with Crippen molar-refractivity contribution >= 4 is 21.9 Å². The topological polar surface area (TPSA) is 37.3 Å². The van der Waals surface area contributed by atoms with Gasteiger partial charge in [0.1, 0.15) is 0 Å². The number of hydrogen-bond donors (Lipinski definition) is 1. The Balaban J connectivity index is 0.000001000. The Hall–Kier alpha value is 0.872. The van der Waals surface area contributed by atoms with Gasteiger partial charge in [-0.3, -0.25) is 4.79 Å². The molecule has 1 fully saturated rings. The van der Waals surface area contributed by atoms with Gasteiger partial charge in [-0.05, 0) is 12.8 Å². The molecule has 0 aromatic heterocycles. The first-order valence-corrected chi connectivity index (χ1v) is 4.50. The van der Waals surface area contributed by atoms with Gasteiger partial charge in [-0.15, -0.1) is 0 Å². The molecular formula is C7H11BrCdO2. The molecule has 1 aliphatic carbocycles. The zero-order chi connectivity index (χ0) is 7.56. The summed E-state index contributed by atoms with van der Waals surface area (Å²) in [6, 6.07) is 0. The molecule has 0 spiro atoms. The van der Waals surface area contributed by atoms with E-state index >= 15 is 0 Å². The molecule has 1 saturated carbocycles. The van der Waals surface area contributed by atoms with E-state index in [0.29, 0.717) is 0 Å². The van der Waals surface area contributed by atoms with Crippen LogP contribution in [0.15, 0.2) is 0 Å². The fraction of sp³-hybridized carbons (Fsp3) is 0.857. The van der Waals surface area contributed by atoms with Gasteiger partial charge in [0.25, 0.3) is 0 Å². The van der Waals surface area contributed by atoms with Crippen molar-refractivity contribution in [2.45, 2.75) is 30.5 Å². The Labute approximate surface area is 95.0 Å². The number of hydrogen-bond acceptors (Lipinski definition) is 1. The van der Waals surface area contributed by atoms with Crippen LogP contribution in [0.4, 0.5) is 0 Å². The molecule has 11 heavy (non-hydrogen) atoms. The summed E-state index contributed by atoms with van der Waals surface area (Å²) in [4.78, 5) is 10.7. The van der Waals surface area contributed by atoms with Crippen LogP contribution in [0.1, 0.15) is 25.7 Å². The number of carbonyl (C=O) groups is 1. The average molecular weight is 319 g/mol. The monoisotopic (exact) mass is 320 g/mol. The molecule has 1 N–H and O–H groups in total. The Morgan fingerprint density at radius 2 is 1.91 bits per heavy atom. The maximum atomic E-state index is 10.5. The SMILES string of the molecule is O=C(O)C1CCCCC1Br.[Cd]. The molecule has 1 aliphatic rings. The smallest absolute Gasteiger partial charge is 0.307 e. The molecule has 0 heterocycles. The summed E-state index contributed by atoms with van der Waals surface area (Å²) in [7, 11) is 0. The zero-order valence-corrected chi connectivity index (χ0v) is 12.0. The molecule has 1 rings (SSSR count). The predicted molar refractivity (Wildman–Crippen MR) is 42.3 cm³/mol.